The van der Waals surface area contributed by atoms with Gasteiger partial charge in [-0.1, -0.05) is 25.8 Å². The van der Waals surface area contributed by atoms with Crippen LogP contribution in [0, 0.1) is 12.8 Å². The molecule has 2 aliphatic rings. The van der Waals surface area contributed by atoms with Crippen molar-refractivity contribution in [3.63, 3.8) is 0 Å². The Balaban J connectivity index is 1.64. The SMILES string of the molecule is CCCC1CCC(OCC2C(O)CCc3ccc(C)c(=O)n32)CC1. The van der Waals surface area contributed by atoms with Crippen molar-refractivity contribution in [2.45, 2.75) is 83.5 Å². The highest BCUT2D eigenvalue weighted by Gasteiger charge is 2.30. The quantitative estimate of drug-likeness (QED) is 0.899. The van der Waals surface area contributed by atoms with Crippen molar-refractivity contribution < 1.29 is 9.84 Å². The van der Waals surface area contributed by atoms with Gasteiger partial charge in [0.1, 0.15) is 0 Å². The van der Waals surface area contributed by atoms with E-state index in [9.17, 15) is 9.90 Å². The van der Waals surface area contributed by atoms with Gasteiger partial charge in [0.05, 0.1) is 24.9 Å². The molecule has 2 unspecified atom stereocenters. The van der Waals surface area contributed by atoms with E-state index < -0.39 is 6.10 Å². The van der Waals surface area contributed by atoms with Crippen LogP contribution in [0.3, 0.4) is 0 Å². The minimum absolute atomic E-state index is 0.0199. The van der Waals surface area contributed by atoms with Crippen LogP contribution >= 0.6 is 0 Å². The molecule has 1 aromatic rings. The molecule has 0 aromatic carbocycles. The average Bonchev–Trinajstić information content (AvgIpc) is 2.59. The number of nitrogens with zero attached hydrogens (tertiary/aromatic N) is 1. The van der Waals surface area contributed by atoms with Crippen molar-refractivity contribution in [3.8, 4) is 0 Å². The van der Waals surface area contributed by atoms with Crippen molar-refractivity contribution in [2.75, 3.05) is 6.61 Å². The molecule has 1 saturated carbocycles. The third-order valence-corrected chi connectivity index (χ3v) is 5.86. The highest BCUT2D eigenvalue weighted by atomic mass is 16.5. The van der Waals surface area contributed by atoms with E-state index in [4.69, 9.17) is 4.74 Å². The maximum absolute atomic E-state index is 12.5. The number of hydrogen-bond acceptors (Lipinski definition) is 3. The maximum Gasteiger partial charge on any atom is 0.254 e. The molecular formula is C20H31NO3. The van der Waals surface area contributed by atoms with Gasteiger partial charge in [-0.3, -0.25) is 4.79 Å². The fourth-order valence-electron chi connectivity index (χ4n) is 4.34. The van der Waals surface area contributed by atoms with Gasteiger partial charge >= 0.3 is 0 Å². The summed E-state index contributed by atoms with van der Waals surface area (Å²) in [5.41, 5.74) is 1.78. The number of aliphatic hydroxyl groups is 1. The molecule has 1 fully saturated rings. The third kappa shape index (κ3) is 3.75. The van der Waals surface area contributed by atoms with Crippen molar-refractivity contribution in [1.29, 1.82) is 0 Å². The molecule has 1 aliphatic heterocycles. The number of aryl methyl sites for hydroxylation is 2. The number of pyridine rings is 1. The zero-order chi connectivity index (χ0) is 17.1. The van der Waals surface area contributed by atoms with Gasteiger partial charge in [0, 0.05) is 11.3 Å². The molecular weight excluding hydrogens is 302 g/mol. The van der Waals surface area contributed by atoms with Crippen LogP contribution in [0.2, 0.25) is 0 Å². The summed E-state index contributed by atoms with van der Waals surface area (Å²) in [5, 5.41) is 10.4. The smallest absolute Gasteiger partial charge is 0.254 e. The predicted octanol–water partition coefficient (Wildman–Crippen LogP) is 3.38. The summed E-state index contributed by atoms with van der Waals surface area (Å²) < 4.78 is 7.94. The van der Waals surface area contributed by atoms with Crippen molar-refractivity contribution >= 4 is 0 Å². The lowest BCUT2D eigenvalue weighted by Gasteiger charge is -2.35. The topological polar surface area (TPSA) is 51.5 Å². The molecule has 4 heteroatoms. The van der Waals surface area contributed by atoms with E-state index in [2.05, 4.69) is 6.92 Å². The molecule has 24 heavy (non-hydrogen) atoms. The maximum atomic E-state index is 12.5. The van der Waals surface area contributed by atoms with E-state index in [-0.39, 0.29) is 17.7 Å². The van der Waals surface area contributed by atoms with E-state index >= 15 is 0 Å². The van der Waals surface area contributed by atoms with Gasteiger partial charge in [-0.15, -0.1) is 0 Å². The van der Waals surface area contributed by atoms with E-state index in [1.807, 2.05) is 19.1 Å². The first-order chi connectivity index (χ1) is 11.6. The van der Waals surface area contributed by atoms with Crippen molar-refractivity contribution in [1.82, 2.24) is 4.57 Å². The zero-order valence-corrected chi connectivity index (χ0v) is 15.0. The Kier molecular flexibility index (Phi) is 5.77. The van der Waals surface area contributed by atoms with Crippen molar-refractivity contribution in [3.05, 3.63) is 33.7 Å². The van der Waals surface area contributed by atoms with Gasteiger partial charge in [0.2, 0.25) is 0 Å². The van der Waals surface area contributed by atoms with Crippen LogP contribution in [0.15, 0.2) is 16.9 Å². The highest BCUT2D eigenvalue weighted by molar-refractivity contribution is 5.18. The molecule has 0 radical (unpaired) electrons. The van der Waals surface area contributed by atoms with Gasteiger partial charge in [-0.25, -0.2) is 0 Å². The van der Waals surface area contributed by atoms with Crippen LogP contribution in [0.1, 0.15) is 69.2 Å². The normalized spacial score (nSPS) is 30.1. The number of rotatable bonds is 5. The van der Waals surface area contributed by atoms with Gasteiger partial charge in [-0.2, -0.15) is 0 Å². The monoisotopic (exact) mass is 333 g/mol. The Bertz CT molecular complexity index is 601. The molecule has 0 bridgehead atoms. The van der Waals surface area contributed by atoms with Gasteiger partial charge in [0.15, 0.2) is 0 Å². The van der Waals surface area contributed by atoms with Crippen LogP contribution in [0.25, 0.3) is 0 Å². The minimum Gasteiger partial charge on any atom is -0.391 e. The first-order valence-electron chi connectivity index (χ1n) is 9.60. The van der Waals surface area contributed by atoms with Crippen LogP contribution < -0.4 is 5.56 Å². The number of fused-ring (bicyclic) bond motifs is 1. The Hall–Kier alpha value is -1.13. The van der Waals surface area contributed by atoms with Crippen LogP contribution in [-0.2, 0) is 11.2 Å². The minimum atomic E-state index is -0.492. The molecule has 0 amide bonds. The zero-order valence-electron chi connectivity index (χ0n) is 15.0. The van der Waals surface area contributed by atoms with Crippen LogP contribution in [-0.4, -0.2) is 28.5 Å². The van der Waals surface area contributed by atoms with Crippen LogP contribution in [0.4, 0.5) is 0 Å². The van der Waals surface area contributed by atoms with Gasteiger partial charge in [-0.05, 0) is 57.4 Å². The second kappa shape index (κ2) is 7.83. The van der Waals surface area contributed by atoms with E-state index in [1.54, 1.807) is 4.57 Å². The summed E-state index contributed by atoms with van der Waals surface area (Å²) in [6.45, 7) is 4.54. The number of aromatic nitrogens is 1. The molecule has 1 N–H and O–H groups in total. The third-order valence-electron chi connectivity index (χ3n) is 5.86. The second-order valence-corrected chi connectivity index (χ2v) is 7.62. The Morgan fingerprint density at radius 2 is 1.96 bits per heavy atom. The first kappa shape index (κ1) is 17.7. The van der Waals surface area contributed by atoms with Gasteiger partial charge in [0.25, 0.3) is 5.56 Å². The molecule has 3 rings (SSSR count). The van der Waals surface area contributed by atoms with E-state index in [0.717, 1.165) is 36.4 Å². The molecule has 2 heterocycles. The van der Waals surface area contributed by atoms with Crippen LogP contribution in [0.5, 0.6) is 0 Å². The lowest BCUT2D eigenvalue weighted by Crippen LogP contribution is -2.42. The first-order valence-corrected chi connectivity index (χ1v) is 9.60. The van der Waals surface area contributed by atoms with Gasteiger partial charge < -0.3 is 14.4 Å². The molecule has 4 nitrogen and oxygen atoms in total. The molecule has 0 spiro atoms. The molecule has 1 aliphatic carbocycles. The van der Waals surface area contributed by atoms with Crippen molar-refractivity contribution in [2.24, 2.45) is 5.92 Å². The predicted molar refractivity (Wildman–Crippen MR) is 95.4 cm³/mol. The van der Waals surface area contributed by atoms with E-state index in [1.165, 1.54) is 25.7 Å². The lowest BCUT2D eigenvalue weighted by atomic mass is 9.84. The number of hydrogen-bond donors (Lipinski definition) is 1. The summed E-state index contributed by atoms with van der Waals surface area (Å²) in [6, 6.07) is 3.67. The highest BCUT2D eigenvalue weighted by Crippen LogP contribution is 2.31. The molecule has 134 valence electrons. The summed E-state index contributed by atoms with van der Waals surface area (Å²) in [5.74, 6) is 0.862. The molecule has 1 aromatic heterocycles. The second-order valence-electron chi connectivity index (χ2n) is 7.62. The average molecular weight is 333 g/mol. The molecule has 2 atom stereocenters. The molecule has 0 saturated heterocycles. The number of aliphatic hydroxyl groups excluding tert-OH is 1. The van der Waals surface area contributed by atoms with E-state index in [0.29, 0.717) is 13.0 Å². The Labute approximate surface area is 144 Å². The fourth-order valence-corrected chi connectivity index (χ4v) is 4.34. The summed E-state index contributed by atoms with van der Waals surface area (Å²) >= 11 is 0. The lowest BCUT2D eigenvalue weighted by molar-refractivity contribution is -0.0332. The standard InChI is InChI=1S/C20H31NO3/c1-3-4-15-6-10-17(11-7-15)24-13-18-19(22)12-9-16-8-5-14(2)20(23)21(16)18/h5,8,15,17-19,22H,3-4,6-7,9-13H2,1-2H3. The fraction of sp³-hybridized carbons (Fsp3) is 0.750. The largest absolute Gasteiger partial charge is 0.391 e. The Morgan fingerprint density at radius 1 is 1.21 bits per heavy atom. The summed E-state index contributed by atoms with van der Waals surface area (Å²) in [6.07, 6.45) is 8.59. The summed E-state index contributed by atoms with van der Waals surface area (Å²) in [4.78, 5) is 12.5. The Morgan fingerprint density at radius 3 is 2.67 bits per heavy atom. The summed E-state index contributed by atoms with van der Waals surface area (Å²) in [7, 11) is 0. The number of ether oxygens (including phenoxy) is 1.